The van der Waals surface area contributed by atoms with Crippen molar-refractivity contribution in [1.29, 1.82) is 0 Å². The first kappa shape index (κ1) is 42.5. The summed E-state index contributed by atoms with van der Waals surface area (Å²) < 4.78 is 0. The SMILES string of the molecule is CC(=O)N[C@H](CSCC1=C(C)C=C2C(=O)[C@](C)(O)C3(CC3)C(C)=C21)C(=O)N[C@@H](CC(C)C)C(=O)N[C@@H](CC(C)C)C(=O)N[C@@H](Cc1ccccc1)C(=O)O. The molecule has 0 aromatic heterocycles. The van der Waals surface area contributed by atoms with Crippen LogP contribution in [-0.4, -0.2) is 86.9 Å². The Labute approximate surface area is 322 Å². The van der Waals surface area contributed by atoms with Crippen LogP contribution in [0.3, 0.4) is 0 Å². The molecule has 3 aliphatic carbocycles. The third kappa shape index (κ3) is 9.70. The number of aliphatic carboxylic acids is 1. The highest BCUT2D eigenvalue weighted by Crippen LogP contribution is 2.65. The Balaban J connectivity index is 1.45. The quantitative estimate of drug-likeness (QED) is 0.129. The molecule has 0 aliphatic heterocycles. The van der Waals surface area contributed by atoms with Crippen LogP contribution in [-0.2, 0) is 35.2 Å². The molecule has 1 fully saturated rings. The summed E-state index contributed by atoms with van der Waals surface area (Å²) in [5.41, 5.74) is 2.99. The Kier molecular flexibility index (Phi) is 13.8. The molecule has 0 bridgehead atoms. The van der Waals surface area contributed by atoms with Crippen molar-refractivity contribution >= 4 is 47.1 Å². The number of ketones is 1. The van der Waals surface area contributed by atoms with Gasteiger partial charge in [-0.1, -0.05) is 63.6 Å². The summed E-state index contributed by atoms with van der Waals surface area (Å²) in [6.07, 6.45) is 3.84. The van der Waals surface area contributed by atoms with Crippen LogP contribution in [0, 0.1) is 17.3 Å². The molecule has 0 unspecified atom stereocenters. The number of amides is 4. The standard InChI is InChI=1S/C41H56N4O8S/c1-22(2)16-30(36(48)43-31(17-23(3)4)37(49)45-32(39(51)52)19-27-12-10-9-11-13-27)44-38(50)33(42-26(7)46)21-54-20-29-24(5)18-28-34(29)25(6)41(14-15-41)40(8,53)35(28)47/h9-13,18,22-23,30-33,53H,14-17,19-21H2,1-8H3,(H,42,46)(H,43,48)(H,44,50)(H,45,49)(H,51,52)/t30-,31-,32-,33+,40-/m0/s1. The summed E-state index contributed by atoms with van der Waals surface area (Å²) in [6.45, 7) is 14.4. The first-order valence-corrected chi connectivity index (χ1v) is 19.9. The number of carboxylic acid groups (broad SMARTS) is 1. The maximum Gasteiger partial charge on any atom is 0.326 e. The molecule has 6 N–H and O–H groups in total. The average molecular weight is 765 g/mol. The minimum atomic E-state index is -1.45. The highest BCUT2D eigenvalue weighted by atomic mass is 32.2. The van der Waals surface area contributed by atoms with E-state index in [0.29, 0.717) is 11.3 Å². The van der Waals surface area contributed by atoms with Crippen molar-refractivity contribution < 1.29 is 39.0 Å². The fraction of sp³-hybridized carbons (Fsp3) is 0.561. The van der Waals surface area contributed by atoms with Gasteiger partial charge in [-0.15, -0.1) is 0 Å². The molecule has 1 spiro atoms. The lowest BCUT2D eigenvalue weighted by Gasteiger charge is -2.39. The Morgan fingerprint density at radius 3 is 1.81 bits per heavy atom. The molecule has 294 valence electrons. The van der Waals surface area contributed by atoms with E-state index < -0.39 is 64.8 Å². The number of Topliss-reactive ketones (excluding diaryl/α,β-unsaturated/α-hetero) is 1. The lowest BCUT2D eigenvalue weighted by atomic mass is 9.67. The van der Waals surface area contributed by atoms with Crippen molar-refractivity contribution in [2.24, 2.45) is 17.3 Å². The van der Waals surface area contributed by atoms with Gasteiger partial charge in [0.15, 0.2) is 5.78 Å². The Bertz CT molecular complexity index is 1740. The number of nitrogens with one attached hydrogen (secondary N) is 4. The maximum absolute atomic E-state index is 13.8. The minimum Gasteiger partial charge on any atom is -0.480 e. The zero-order chi connectivity index (χ0) is 40.1. The summed E-state index contributed by atoms with van der Waals surface area (Å²) in [5.74, 6) is -3.13. The second-order valence-corrected chi connectivity index (χ2v) is 17.0. The van der Waals surface area contributed by atoms with E-state index in [1.807, 2.05) is 53.7 Å². The molecule has 12 nitrogen and oxygen atoms in total. The predicted octanol–water partition coefficient (Wildman–Crippen LogP) is 3.79. The summed E-state index contributed by atoms with van der Waals surface area (Å²) in [7, 11) is 0. The average Bonchev–Trinajstić information content (AvgIpc) is 3.84. The molecule has 54 heavy (non-hydrogen) atoms. The number of carbonyl (C=O) groups is 6. The van der Waals surface area contributed by atoms with Crippen LogP contribution < -0.4 is 21.3 Å². The Hall–Kier alpha value is -4.23. The highest BCUT2D eigenvalue weighted by Gasteiger charge is 2.65. The number of rotatable bonds is 18. The van der Waals surface area contributed by atoms with Gasteiger partial charge in [0.1, 0.15) is 29.8 Å². The third-order valence-corrected chi connectivity index (χ3v) is 11.7. The maximum atomic E-state index is 13.8. The molecule has 0 heterocycles. The lowest BCUT2D eigenvalue weighted by molar-refractivity contribution is -0.142. The van der Waals surface area contributed by atoms with E-state index in [1.54, 1.807) is 31.2 Å². The predicted molar refractivity (Wildman–Crippen MR) is 208 cm³/mol. The van der Waals surface area contributed by atoms with Gasteiger partial charge in [0, 0.05) is 35.8 Å². The van der Waals surface area contributed by atoms with Crippen molar-refractivity contribution in [3.8, 4) is 0 Å². The van der Waals surface area contributed by atoms with Gasteiger partial charge in [-0.3, -0.25) is 24.0 Å². The summed E-state index contributed by atoms with van der Waals surface area (Å²) in [6, 6.07) is 4.60. The second kappa shape index (κ2) is 17.5. The van der Waals surface area contributed by atoms with Gasteiger partial charge in [0.05, 0.1) is 0 Å². The zero-order valence-corrected chi connectivity index (χ0v) is 33.4. The fourth-order valence-corrected chi connectivity index (χ4v) is 8.74. The van der Waals surface area contributed by atoms with Gasteiger partial charge in [-0.25, -0.2) is 4.79 Å². The van der Waals surface area contributed by atoms with Crippen molar-refractivity contribution in [3.05, 3.63) is 69.8 Å². The first-order valence-electron chi connectivity index (χ1n) is 18.7. The number of carboxylic acids is 1. The van der Waals surface area contributed by atoms with Gasteiger partial charge in [-0.2, -0.15) is 11.8 Å². The number of hydrogen-bond acceptors (Lipinski definition) is 8. The van der Waals surface area contributed by atoms with E-state index in [1.165, 1.54) is 18.7 Å². The number of carbonyl (C=O) groups excluding carboxylic acids is 5. The van der Waals surface area contributed by atoms with Crippen molar-refractivity contribution in [1.82, 2.24) is 21.3 Å². The molecular weight excluding hydrogens is 709 g/mol. The number of benzene rings is 1. The topological polar surface area (TPSA) is 191 Å². The summed E-state index contributed by atoms with van der Waals surface area (Å²) in [5, 5.41) is 31.9. The minimum absolute atomic E-state index is 0.0292. The number of thioether (sulfide) groups is 1. The molecule has 1 aromatic carbocycles. The number of aliphatic hydroxyl groups is 1. The van der Waals surface area contributed by atoms with Crippen molar-refractivity contribution in [2.45, 2.75) is 117 Å². The van der Waals surface area contributed by atoms with Gasteiger partial charge in [-0.05, 0) is 86.6 Å². The molecule has 4 amide bonds. The number of hydrogen-bond donors (Lipinski definition) is 6. The van der Waals surface area contributed by atoms with Crippen LogP contribution in [0.25, 0.3) is 0 Å². The fourth-order valence-electron chi connectivity index (χ4n) is 7.58. The zero-order valence-electron chi connectivity index (χ0n) is 32.6. The van der Waals surface area contributed by atoms with E-state index in [9.17, 15) is 39.0 Å². The summed E-state index contributed by atoms with van der Waals surface area (Å²) >= 11 is 1.42. The van der Waals surface area contributed by atoms with Crippen LogP contribution in [0.2, 0.25) is 0 Å². The second-order valence-electron chi connectivity index (χ2n) is 15.9. The first-order chi connectivity index (χ1) is 25.3. The molecule has 1 aromatic rings. The highest BCUT2D eigenvalue weighted by molar-refractivity contribution is 7.99. The van der Waals surface area contributed by atoms with E-state index in [2.05, 4.69) is 21.3 Å². The largest absolute Gasteiger partial charge is 0.480 e. The normalized spacial score (nSPS) is 20.9. The molecule has 3 aliphatic rings. The van der Waals surface area contributed by atoms with Crippen LogP contribution in [0.1, 0.15) is 86.6 Å². The number of allylic oxidation sites excluding steroid dienone is 3. The smallest absolute Gasteiger partial charge is 0.326 e. The van der Waals surface area contributed by atoms with Crippen LogP contribution >= 0.6 is 11.8 Å². The van der Waals surface area contributed by atoms with E-state index in [4.69, 9.17) is 0 Å². The van der Waals surface area contributed by atoms with E-state index in [0.717, 1.165) is 40.7 Å². The van der Waals surface area contributed by atoms with Gasteiger partial charge < -0.3 is 31.5 Å². The van der Waals surface area contributed by atoms with Gasteiger partial charge in [0.25, 0.3) is 0 Å². The van der Waals surface area contributed by atoms with Crippen LogP contribution in [0.5, 0.6) is 0 Å². The molecule has 1 saturated carbocycles. The van der Waals surface area contributed by atoms with Crippen LogP contribution in [0.4, 0.5) is 0 Å². The molecule has 13 heteroatoms. The van der Waals surface area contributed by atoms with Crippen molar-refractivity contribution in [2.75, 3.05) is 11.5 Å². The van der Waals surface area contributed by atoms with Crippen LogP contribution in [0.15, 0.2) is 64.3 Å². The molecule has 0 saturated heterocycles. The molecule has 4 rings (SSSR count). The Morgan fingerprint density at radius 1 is 0.815 bits per heavy atom. The lowest BCUT2D eigenvalue weighted by Crippen LogP contribution is -2.58. The van der Waals surface area contributed by atoms with Gasteiger partial charge >= 0.3 is 5.97 Å². The summed E-state index contributed by atoms with van der Waals surface area (Å²) in [4.78, 5) is 78.8. The molecule has 0 radical (unpaired) electrons. The Morgan fingerprint density at radius 2 is 1.33 bits per heavy atom. The number of fused-ring (bicyclic) bond motifs is 1. The molecule has 5 atom stereocenters. The van der Waals surface area contributed by atoms with E-state index in [-0.39, 0.29) is 42.6 Å². The monoisotopic (exact) mass is 764 g/mol. The van der Waals surface area contributed by atoms with Crippen molar-refractivity contribution in [3.63, 3.8) is 0 Å². The van der Waals surface area contributed by atoms with Gasteiger partial charge in [0.2, 0.25) is 23.6 Å². The third-order valence-electron chi connectivity index (χ3n) is 10.7. The van der Waals surface area contributed by atoms with E-state index >= 15 is 0 Å². The molecular formula is C41H56N4O8S.